The van der Waals surface area contributed by atoms with E-state index in [2.05, 4.69) is 0 Å². The zero-order valence-electron chi connectivity index (χ0n) is 6.29. The van der Waals surface area contributed by atoms with Crippen molar-refractivity contribution in [3.8, 4) is 0 Å². The van der Waals surface area contributed by atoms with Crippen LogP contribution in [0.5, 0.6) is 0 Å². The van der Waals surface area contributed by atoms with Crippen molar-refractivity contribution in [1.82, 2.24) is 0 Å². The minimum absolute atomic E-state index is 0. The Hall–Kier alpha value is -0.220. The van der Waals surface area contributed by atoms with Crippen LogP contribution >= 0.6 is 13.5 Å². The van der Waals surface area contributed by atoms with Gasteiger partial charge in [0.25, 0.3) is 0 Å². The third kappa shape index (κ3) is 3.74. The van der Waals surface area contributed by atoms with Crippen molar-refractivity contribution < 1.29 is 9.90 Å². The number of hydrogen-bond acceptors (Lipinski definition) is 2. The fraction of sp³-hybridized carbons (Fsp3) is 0.833. The molecule has 10 heavy (non-hydrogen) atoms. The number of carboxylic acid groups (broad SMARTS) is 1. The summed E-state index contributed by atoms with van der Waals surface area (Å²) >= 11 is 0. The number of aliphatic carboxylic acids is 1. The van der Waals surface area contributed by atoms with Crippen LogP contribution in [0.25, 0.3) is 0 Å². The molecule has 0 saturated carbocycles. The topological polar surface area (TPSA) is 63.3 Å². The lowest BCUT2D eigenvalue weighted by atomic mass is 10.0. The lowest BCUT2D eigenvalue weighted by molar-refractivity contribution is -0.139. The molecule has 2 atom stereocenters. The van der Waals surface area contributed by atoms with Gasteiger partial charge in [0.05, 0.1) is 0 Å². The highest BCUT2D eigenvalue weighted by atomic mass is 32.1. The molecule has 3 N–H and O–H groups in total. The van der Waals surface area contributed by atoms with E-state index in [0.29, 0.717) is 0 Å². The molecule has 62 valence electrons. The van der Waals surface area contributed by atoms with Gasteiger partial charge in [-0.25, -0.2) is 0 Å². The Morgan fingerprint density at radius 2 is 2.10 bits per heavy atom. The Bertz CT molecular complexity index is 108. The van der Waals surface area contributed by atoms with Crippen molar-refractivity contribution in [3.63, 3.8) is 0 Å². The monoisotopic (exact) mass is 165 g/mol. The van der Waals surface area contributed by atoms with Crippen molar-refractivity contribution in [3.05, 3.63) is 0 Å². The SMILES string of the molecule is CCC(C)C(N)C(=O)O.S. The van der Waals surface area contributed by atoms with Crippen LogP contribution in [0.4, 0.5) is 0 Å². The van der Waals surface area contributed by atoms with Crippen LogP contribution in [-0.4, -0.2) is 17.1 Å². The second-order valence-electron chi connectivity index (χ2n) is 2.25. The second-order valence-corrected chi connectivity index (χ2v) is 2.25. The molecule has 3 nitrogen and oxygen atoms in total. The average Bonchev–Trinajstić information content (AvgIpc) is 1.84. The quantitative estimate of drug-likeness (QED) is 0.642. The molecule has 0 spiro atoms. The van der Waals surface area contributed by atoms with E-state index < -0.39 is 12.0 Å². The fourth-order valence-electron chi connectivity index (χ4n) is 0.497. The highest BCUT2D eigenvalue weighted by molar-refractivity contribution is 7.59. The van der Waals surface area contributed by atoms with Gasteiger partial charge in [0.1, 0.15) is 6.04 Å². The predicted octanol–water partition coefficient (Wildman–Crippen LogP) is 0.557. The van der Waals surface area contributed by atoms with E-state index in [0.717, 1.165) is 6.42 Å². The zero-order valence-corrected chi connectivity index (χ0v) is 7.29. The molecule has 0 radical (unpaired) electrons. The minimum atomic E-state index is -0.913. The van der Waals surface area contributed by atoms with Gasteiger partial charge in [0.2, 0.25) is 0 Å². The van der Waals surface area contributed by atoms with Crippen molar-refractivity contribution in [2.75, 3.05) is 0 Å². The van der Waals surface area contributed by atoms with E-state index in [1.807, 2.05) is 13.8 Å². The first kappa shape index (κ1) is 12.5. The molecule has 0 aliphatic carbocycles. The molecule has 0 amide bonds. The molecule has 0 heterocycles. The summed E-state index contributed by atoms with van der Waals surface area (Å²) in [4.78, 5) is 10.2. The number of nitrogens with two attached hydrogens (primary N) is 1. The number of carbonyl (C=O) groups is 1. The third-order valence-electron chi connectivity index (χ3n) is 1.54. The van der Waals surface area contributed by atoms with Gasteiger partial charge in [-0.2, -0.15) is 13.5 Å². The predicted molar refractivity (Wildman–Crippen MR) is 45.4 cm³/mol. The Morgan fingerprint density at radius 3 is 2.20 bits per heavy atom. The fourth-order valence-corrected chi connectivity index (χ4v) is 0.497. The Morgan fingerprint density at radius 1 is 1.70 bits per heavy atom. The van der Waals surface area contributed by atoms with Crippen molar-refractivity contribution in [2.45, 2.75) is 26.3 Å². The van der Waals surface area contributed by atoms with Gasteiger partial charge < -0.3 is 10.8 Å². The number of carboxylic acids is 1. The van der Waals surface area contributed by atoms with Crippen molar-refractivity contribution >= 4 is 19.5 Å². The summed E-state index contributed by atoms with van der Waals surface area (Å²) in [6.45, 7) is 3.76. The Balaban J connectivity index is 0. The summed E-state index contributed by atoms with van der Waals surface area (Å²) in [5, 5.41) is 8.36. The maximum Gasteiger partial charge on any atom is 0.320 e. The first-order valence-electron chi connectivity index (χ1n) is 3.08. The summed E-state index contributed by atoms with van der Waals surface area (Å²) in [5.74, 6) is -0.841. The average molecular weight is 165 g/mol. The van der Waals surface area contributed by atoms with Crippen LogP contribution in [0.1, 0.15) is 20.3 Å². The smallest absolute Gasteiger partial charge is 0.320 e. The second kappa shape index (κ2) is 5.56. The molecular weight excluding hydrogens is 150 g/mol. The molecule has 0 aliphatic heterocycles. The van der Waals surface area contributed by atoms with E-state index in [9.17, 15) is 4.79 Å². The molecule has 0 aromatic heterocycles. The van der Waals surface area contributed by atoms with Gasteiger partial charge in [-0.05, 0) is 5.92 Å². The van der Waals surface area contributed by atoms with E-state index in [1.165, 1.54) is 0 Å². The molecule has 4 heteroatoms. The van der Waals surface area contributed by atoms with E-state index in [4.69, 9.17) is 10.8 Å². The first-order chi connectivity index (χ1) is 4.09. The van der Waals surface area contributed by atoms with Crippen LogP contribution in [0.2, 0.25) is 0 Å². The van der Waals surface area contributed by atoms with Gasteiger partial charge in [0, 0.05) is 0 Å². The third-order valence-corrected chi connectivity index (χ3v) is 1.54. The summed E-state index contributed by atoms with van der Waals surface area (Å²) in [5.41, 5.74) is 5.27. The van der Waals surface area contributed by atoms with E-state index >= 15 is 0 Å². The molecule has 0 aromatic carbocycles. The van der Waals surface area contributed by atoms with Crippen LogP contribution in [0, 0.1) is 5.92 Å². The molecule has 0 aliphatic rings. The van der Waals surface area contributed by atoms with Crippen LogP contribution < -0.4 is 5.73 Å². The zero-order chi connectivity index (χ0) is 7.44. The lowest BCUT2D eigenvalue weighted by Crippen LogP contribution is -2.36. The van der Waals surface area contributed by atoms with Crippen molar-refractivity contribution in [2.24, 2.45) is 11.7 Å². The van der Waals surface area contributed by atoms with Gasteiger partial charge in [-0.15, -0.1) is 0 Å². The molecule has 0 fully saturated rings. The van der Waals surface area contributed by atoms with Gasteiger partial charge in [0.15, 0.2) is 0 Å². The highest BCUT2D eigenvalue weighted by Crippen LogP contribution is 2.04. The minimum Gasteiger partial charge on any atom is -0.480 e. The standard InChI is InChI=1S/C6H13NO2.H2S/c1-3-4(2)5(7)6(8)9;/h4-5H,3,7H2,1-2H3,(H,8,9);1H2. The number of rotatable bonds is 3. The summed E-state index contributed by atoms with van der Waals surface area (Å²) in [6.07, 6.45) is 0.813. The maximum absolute atomic E-state index is 10.2. The Labute approximate surface area is 68.1 Å². The highest BCUT2D eigenvalue weighted by Gasteiger charge is 2.17. The van der Waals surface area contributed by atoms with Gasteiger partial charge in [-0.1, -0.05) is 20.3 Å². The first-order valence-corrected chi connectivity index (χ1v) is 3.08. The molecule has 0 aromatic rings. The van der Waals surface area contributed by atoms with Gasteiger partial charge in [-0.3, -0.25) is 4.79 Å². The van der Waals surface area contributed by atoms with Gasteiger partial charge >= 0.3 is 5.97 Å². The van der Waals surface area contributed by atoms with Crippen molar-refractivity contribution in [1.29, 1.82) is 0 Å². The molecule has 2 unspecified atom stereocenters. The molecule has 0 rings (SSSR count). The maximum atomic E-state index is 10.2. The van der Waals surface area contributed by atoms with Crippen LogP contribution in [-0.2, 0) is 4.79 Å². The van der Waals surface area contributed by atoms with Crippen LogP contribution in [0.3, 0.4) is 0 Å². The van der Waals surface area contributed by atoms with E-state index in [1.54, 1.807) is 0 Å². The molecule has 0 bridgehead atoms. The normalized spacial score (nSPS) is 15.1. The molecular formula is C6H15NO2S. The van der Waals surface area contributed by atoms with E-state index in [-0.39, 0.29) is 19.4 Å². The number of hydrogen-bond donors (Lipinski definition) is 2. The van der Waals surface area contributed by atoms with Crippen LogP contribution in [0.15, 0.2) is 0 Å². The lowest BCUT2D eigenvalue weighted by Gasteiger charge is -2.11. The summed E-state index contributed by atoms with van der Waals surface area (Å²) in [7, 11) is 0. The molecule has 0 saturated heterocycles. The summed E-state index contributed by atoms with van der Waals surface area (Å²) in [6, 6.07) is -0.699. The Kier molecular flexibility index (Phi) is 6.92. The summed E-state index contributed by atoms with van der Waals surface area (Å²) < 4.78 is 0. The largest absolute Gasteiger partial charge is 0.480 e.